The Hall–Kier alpha value is -0.990. The van der Waals surface area contributed by atoms with Gasteiger partial charge in [-0.1, -0.05) is 45.8 Å². The third-order valence-corrected chi connectivity index (χ3v) is 2.87. The lowest BCUT2D eigenvalue weighted by molar-refractivity contribution is 0.116. The second-order valence-corrected chi connectivity index (χ2v) is 5.53. The summed E-state index contributed by atoms with van der Waals surface area (Å²) in [7, 11) is 0. The largest absolute Gasteiger partial charge is 0.447 e. The van der Waals surface area contributed by atoms with E-state index in [2.05, 4.69) is 39.9 Å². The average molecular weight is 255 g/mol. The van der Waals surface area contributed by atoms with Crippen molar-refractivity contribution < 1.29 is 9.53 Å². The number of rotatable bonds is 6. The van der Waals surface area contributed by atoms with Crippen molar-refractivity contribution in [2.24, 2.45) is 11.8 Å². The van der Waals surface area contributed by atoms with Crippen molar-refractivity contribution in [1.29, 1.82) is 0 Å². The highest BCUT2D eigenvalue weighted by Crippen LogP contribution is 2.24. The van der Waals surface area contributed by atoms with Gasteiger partial charge in [0.25, 0.3) is 0 Å². The third kappa shape index (κ3) is 6.08. The summed E-state index contributed by atoms with van der Waals surface area (Å²) >= 11 is 0. The minimum atomic E-state index is -0.331. The molecule has 0 fully saturated rings. The van der Waals surface area contributed by atoms with Crippen LogP contribution in [-0.4, -0.2) is 18.7 Å². The zero-order valence-electron chi connectivity index (χ0n) is 13.0. The first-order valence-corrected chi connectivity index (χ1v) is 6.95. The van der Waals surface area contributed by atoms with Gasteiger partial charge in [0, 0.05) is 6.54 Å². The van der Waals surface area contributed by atoms with Crippen molar-refractivity contribution in [3.05, 3.63) is 11.1 Å². The van der Waals surface area contributed by atoms with Gasteiger partial charge in [0.1, 0.15) is 0 Å². The Morgan fingerprint density at radius 1 is 1.06 bits per heavy atom. The first-order valence-electron chi connectivity index (χ1n) is 6.95. The van der Waals surface area contributed by atoms with Gasteiger partial charge in [0.05, 0.1) is 6.10 Å². The molecule has 0 aromatic rings. The number of hydrogen-bond acceptors (Lipinski definition) is 2. The van der Waals surface area contributed by atoms with Crippen molar-refractivity contribution in [3.8, 4) is 0 Å². The number of amides is 1. The third-order valence-electron chi connectivity index (χ3n) is 2.87. The lowest BCUT2D eigenvalue weighted by Crippen LogP contribution is -2.29. The molecule has 0 saturated carbocycles. The quantitative estimate of drug-likeness (QED) is 0.724. The van der Waals surface area contributed by atoms with Crippen molar-refractivity contribution in [1.82, 2.24) is 5.32 Å². The highest BCUT2D eigenvalue weighted by molar-refractivity contribution is 5.67. The second kappa shape index (κ2) is 8.17. The van der Waals surface area contributed by atoms with Crippen LogP contribution in [0.25, 0.3) is 0 Å². The van der Waals surface area contributed by atoms with Crippen LogP contribution in [0.5, 0.6) is 0 Å². The fraction of sp³-hybridized carbons (Fsp3) is 0.800. The minimum Gasteiger partial charge on any atom is -0.447 e. The molecule has 0 aliphatic heterocycles. The molecule has 0 aromatic carbocycles. The van der Waals surface area contributed by atoms with E-state index >= 15 is 0 Å². The molecule has 0 bridgehead atoms. The summed E-state index contributed by atoms with van der Waals surface area (Å²) in [6, 6.07) is 0. The molecule has 106 valence electrons. The highest BCUT2D eigenvalue weighted by Gasteiger charge is 2.14. The van der Waals surface area contributed by atoms with Gasteiger partial charge in [-0.15, -0.1) is 0 Å². The normalized spacial score (nSPS) is 11.0. The van der Waals surface area contributed by atoms with Crippen LogP contribution in [-0.2, 0) is 4.74 Å². The molecular weight excluding hydrogens is 226 g/mol. The Balaban J connectivity index is 4.67. The smallest absolute Gasteiger partial charge is 0.407 e. The van der Waals surface area contributed by atoms with E-state index in [0.29, 0.717) is 18.4 Å². The first-order chi connectivity index (χ1) is 8.29. The Kier molecular flexibility index (Phi) is 7.72. The van der Waals surface area contributed by atoms with Gasteiger partial charge in [-0.3, -0.25) is 0 Å². The van der Waals surface area contributed by atoms with Crippen LogP contribution in [0.3, 0.4) is 0 Å². The van der Waals surface area contributed by atoms with E-state index in [1.807, 2.05) is 13.8 Å². The molecule has 0 aliphatic carbocycles. The van der Waals surface area contributed by atoms with Crippen LogP contribution in [0.4, 0.5) is 4.79 Å². The van der Waals surface area contributed by atoms with E-state index < -0.39 is 0 Å². The second-order valence-electron chi connectivity index (χ2n) is 5.53. The molecule has 1 N–H and O–H groups in total. The van der Waals surface area contributed by atoms with E-state index in [4.69, 9.17) is 4.74 Å². The summed E-state index contributed by atoms with van der Waals surface area (Å²) in [5.74, 6) is 1.03. The summed E-state index contributed by atoms with van der Waals surface area (Å²) in [4.78, 5) is 11.5. The lowest BCUT2D eigenvalue weighted by atomic mass is 9.87. The van der Waals surface area contributed by atoms with Crippen LogP contribution in [0.2, 0.25) is 0 Å². The van der Waals surface area contributed by atoms with Gasteiger partial charge in [-0.25, -0.2) is 4.79 Å². The van der Waals surface area contributed by atoms with Crippen LogP contribution in [0.15, 0.2) is 11.1 Å². The van der Waals surface area contributed by atoms with Crippen LogP contribution in [0, 0.1) is 11.8 Å². The summed E-state index contributed by atoms with van der Waals surface area (Å²) in [5, 5.41) is 2.84. The van der Waals surface area contributed by atoms with Gasteiger partial charge in [0.2, 0.25) is 0 Å². The predicted molar refractivity (Wildman–Crippen MR) is 76.6 cm³/mol. The van der Waals surface area contributed by atoms with E-state index in [9.17, 15) is 4.79 Å². The molecule has 0 aromatic heterocycles. The van der Waals surface area contributed by atoms with E-state index in [1.54, 1.807) is 0 Å². The van der Waals surface area contributed by atoms with Crippen LogP contribution >= 0.6 is 0 Å². The van der Waals surface area contributed by atoms with Crippen molar-refractivity contribution in [2.45, 2.75) is 61.0 Å². The Morgan fingerprint density at radius 2 is 1.56 bits per heavy atom. The number of ether oxygens (including phenoxy) is 1. The maximum Gasteiger partial charge on any atom is 0.407 e. The number of alkyl carbamates (subject to hydrolysis) is 1. The highest BCUT2D eigenvalue weighted by atomic mass is 16.6. The number of nitrogens with one attached hydrogen (secondary N) is 1. The SMILES string of the molecule is CCC(CNC(=O)OC(C)C)=C(C(C)C)C(C)C. The van der Waals surface area contributed by atoms with Gasteiger partial charge in [0.15, 0.2) is 0 Å². The van der Waals surface area contributed by atoms with E-state index in [0.717, 1.165) is 6.42 Å². The summed E-state index contributed by atoms with van der Waals surface area (Å²) in [6.45, 7) is 15.3. The summed E-state index contributed by atoms with van der Waals surface area (Å²) < 4.78 is 5.07. The monoisotopic (exact) mass is 255 g/mol. The first kappa shape index (κ1) is 17.0. The fourth-order valence-corrected chi connectivity index (χ4v) is 2.35. The molecule has 3 heteroatoms. The van der Waals surface area contributed by atoms with Gasteiger partial charge in [-0.2, -0.15) is 0 Å². The van der Waals surface area contributed by atoms with E-state index in [-0.39, 0.29) is 12.2 Å². The maximum atomic E-state index is 11.5. The molecule has 0 aliphatic rings. The molecule has 0 unspecified atom stereocenters. The summed E-state index contributed by atoms with van der Waals surface area (Å²) in [5.41, 5.74) is 2.77. The Labute approximate surface area is 112 Å². The van der Waals surface area contributed by atoms with E-state index in [1.165, 1.54) is 11.1 Å². The molecule has 18 heavy (non-hydrogen) atoms. The average Bonchev–Trinajstić information content (AvgIpc) is 2.21. The molecule has 0 radical (unpaired) electrons. The number of carbonyl (C=O) groups is 1. The summed E-state index contributed by atoms with van der Waals surface area (Å²) in [6.07, 6.45) is 0.560. The number of allylic oxidation sites excluding steroid dienone is 1. The Bertz CT molecular complexity index is 281. The fourth-order valence-electron chi connectivity index (χ4n) is 2.35. The van der Waals surface area contributed by atoms with Gasteiger partial charge >= 0.3 is 6.09 Å². The van der Waals surface area contributed by atoms with Crippen molar-refractivity contribution in [2.75, 3.05) is 6.54 Å². The number of hydrogen-bond donors (Lipinski definition) is 1. The van der Waals surface area contributed by atoms with Crippen LogP contribution in [0.1, 0.15) is 54.9 Å². The molecule has 3 nitrogen and oxygen atoms in total. The molecule has 0 rings (SSSR count). The Morgan fingerprint density at radius 3 is 1.89 bits per heavy atom. The standard InChI is InChI=1S/C15H29NO2/c1-8-13(14(10(2)3)11(4)5)9-16-15(17)18-12(6)7/h10-12H,8-9H2,1-7H3,(H,16,17). The molecule has 0 spiro atoms. The van der Waals surface area contributed by atoms with Crippen LogP contribution < -0.4 is 5.32 Å². The lowest BCUT2D eigenvalue weighted by Gasteiger charge is -2.21. The topological polar surface area (TPSA) is 38.3 Å². The maximum absolute atomic E-state index is 11.5. The van der Waals surface area contributed by atoms with Gasteiger partial charge in [-0.05, 0) is 32.1 Å². The van der Waals surface area contributed by atoms with Gasteiger partial charge < -0.3 is 10.1 Å². The molecule has 0 heterocycles. The molecule has 1 amide bonds. The molecule has 0 atom stereocenters. The predicted octanol–water partition coefficient (Wildman–Crippen LogP) is 4.14. The zero-order chi connectivity index (χ0) is 14.3. The van der Waals surface area contributed by atoms with Crippen molar-refractivity contribution in [3.63, 3.8) is 0 Å². The zero-order valence-corrected chi connectivity index (χ0v) is 13.0. The number of carbonyl (C=O) groups excluding carboxylic acids is 1. The minimum absolute atomic E-state index is 0.0753. The van der Waals surface area contributed by atoms with Crippen molar-refractivity contribution >= 4 is 6.09 Å². The molecule has 0 saturated heterocycles. The molecular formula is C15H29NO2.